The molecule has 0 fully saturated rings. The van der Waals surface area contributed by atoms with E-state index in [1.165, 1.54) is 24.9 Å². The van der Waals surface area contributed by atoms with E-state index in [1.54, 1.807) is 0 Å². The number of hydrogen-bond donors (Lipinski definition) is 1. The van der Waals surface area contributed by atoms with Gasteiger partial charge in [-0.3, -0.25) is 0 Å². The van der Waals surface area contributed by atoms with Crippen LogP contribution in [-0.4, -0.2) is 12.6 Å². The first-order chi connectivity index (χ1) is 8.38. The zero-order valence-corrected chi connectivity index (χ0v) is 10.5. The van der Waals surface area contributed by atoms with Crippen molar-refractivity contribution >= 4 is 5.69 Å². The topological polar surface area (TPSA) is 21.3 Å². The summed E-state index contributed by atoms with van der Waals surface area (Å²) in [6.45, 7) is 2.91. The second-order valence-electron chi connectivity index (χ2n) is 4.48. The molecule has 92 valence electrons. The Morgan fingerprint density at radius 3 is 2.76 bits per heavy atom. The molecule has 1 aromatic carbocycles. The third-order valence-corrected chi connectivity index (χ3v) is 2.93. The minimum absolute atomic E-state index is 0.492. The van der Waals surface area contributed by atoms with E-state index >= 15 is 0 Å². The maximum atomic E-state index is 5.56. The highest BCUT2D eigenvalue weighted by atomic mass is 16.5. The fourth-order valence-corrected chi connectivity index (χ4v) is 2.01. The van der Waals surface area contributed by atoms with Crippen LogP contribution in [0.1, 0.15) is 32.6 Å². The highest BCUT2D eigenvalue weighted by Crippen LogP contribution is 2.19. The molecule has 0 bridgehead atoms. The van der Waals surface area contributed by atoms with Crippen molar-refractivity contribution in [2.75, 3.05) is 11.9 Å². The van der Waals surface area contributed by atoms with Crippen LogP contribution in [0.2, 0.25) is 0 Å². The summed E-state index contributed by atoms with van der Waals surface area (Å²) in [6.07, 6.45) is 9.32. The standard InChI is InChI=1S/C15H21NO/c1-2-12-17-15-10-8-14(9-11-15)16-13-6-4-3-5-7-13/h4,6,8-11,13,16H,2-3,5,7,12H2,1H3. The van der Waals surface area contributed by atoms with Crippen LogP contribution in [0.5, 0.6) is 5.75 Å². The largest absolute Gasteiger partial charge is 0.494 e. The van der Waals surface area contributed by atoms with Gasteiger partial charge in [0.2, 0.25) is 0 Å². The molecule has 2 nitrogen and oxygen atoms in total. The number of ether oxygens (including phenoxy) is 1. The maximum Gasteiger partial charge on any atom is 0.119 e. The summed E-state index contributed by atoms with van der Waals surface area (Å²) in [5.41, 5.74) is 1.17. The average molecular weight is 231 g/mol. The quantitative estimate of drug-likeness (QED) is 0.773. The first-order valence-corrected chi connectivity index (χ1v) is 6.54. The van der Waals surface area contributed by atoms with Crippen molar-refractivity contribution in [1.29, 1.82) is 0 Å². The molecule has 0 radical (unpaired) electrons. The van der Waals surface area contributed by atoms with Gasteiger partial charge in [-0.15, -0.1) is 0 Å². The molecule has 1 aliphatic rings. The van der Waals surface area contributed by atoms with E-state index in [1.807, 2.05) is 12.1 Å². The molecule has 1 aliphatic carbocycles. The van der Waals surface area contributed by atoms with Gasteiger partial charge in [0.25, 0.3) is 0 Å². The zero-order valence-electron chi connectivity index (χ0n) is 10.5. The molecule has 0 spiro atoms. The number of allylic oxidation sites excluding steroid dienone is 1. The average Bonchev–Trinajstić information content (AvgIpc) is 2.39. The van der Waals surface area contributed by atoms with Gasteiger partial charge in [-0.1, -0.05) is 19.1 Å². The Kier molecular flexibility index (Phi) is 4.48. The van der Waals surface area contributed by atoms with E-state index < -0.39 is 0 Å². The van der Waals surface area contributed by atoms with Crippen molar-refractivity contribution in [2.24, 2.45) is 0 Å². The maximum absolute atomic E-state index is 5.56. The molecule has 1 unspecified atom stereocenters. The molecule has 0 heterocycles. The first kappa shape index (κ1) is 12.0. The third-order valence-electron chi connectivity index (χ3n) is 2.93. The highest BCUT2D eigenvalue weighted by Gasteiger charge is 2.07. The smallest absolute Gasteiger partial charge is 0.119 e. The molecule has 0 aliphatic heterocycles. The lowest BCUT2D eigenvalue weighted by Gasteiger charge is -2.19. The number of anilines is 1. The molecule has 1 atom stereocenters. The van der Waals surface area contributed by atoms with Gasteiger partial charge in [0.1, 0.15) is 5.75 Å². The van der Waals surface area contributed by atoms with Crippen LogP contribution in [0.25, 0.3) is 0 Å². The Bertz CT molecular complexity index is 356. The number of nitrogens with one attached hydrogen (secondary N) is 1. The summed E-state index contributed by atoms with van der Waals surface area (Å²) in [5.74, 6) is 0.955. The Hall–Kier alpha value is -1.44. The summed E-state index contributed by atoms with van der Waals surface area (Å²) in [5, 5.41) is 3.52. The molecule has 0 amide bonds. The highest BCUT2D eigenvalue weighted by molar-refractivity contribution is 5.47. The fraction of sp³-hybridized carbons (Fsp3) is 0.467. The SMILES string of the molecule is CCCOc1ccc(NC2C=CCCC2)cc1. The van der Waals surface area contributed by atoms with Gasteiger partial charge in [-0.25, -0.2) is 0 Å². The van der Waals surface area contributed by atoms with Gasteiger partial charge in [-0.05, 0) is 49.9 Å². The Labute approximate surface area is 104 Å². The van der Waals surface area contributed by atoms with Gasteiger partial charge in [0.15, 0.2) is 0 Å². The first-order valence-electron chi connectivity index (χ1n) is 6.54. The van der Waals surface area contributed by atoms with Gasteiger partial charge in [0.05, 0.1) is 6.61 Å². The minimum atomic E-state index is 0.492. The van der Waals surface area contributed by atoms with Gasteiger partial charge < -0.3 is 10.1 Å². The molecule has 2 rings (SSSR count). The minimum Gasteiger partial charge on any atom is -0.494 e. The third kappa shape index (κ3) is 3.81. The predicted octanol–water partition coefficient (Wildman–Crippen LogP) is 4.00. The Balaban J connectivity index is 1.88. The number of benzene rings is 1. The molecule has 0 aromatic heterocycles. The van der Waals surface area contributed by atoms with Crippen LogP contribution in [0, 0.1) is 0 Å². The Morgan fingerprint density at radius 1 is 1.29 bits per heavy atom. The van der Waals surface area contributed by atoms with E-state index in [4.69, 9.17) is 4.74 Å². The molecule has 0 saturated carbocycles. The summed E-state index contributed by atoms with van der Waals surface area (Å²) in [7, 11) is 0. The Morgan fingerprint density at radius 2 is 2.12 bits per heavy atom. The molecule has 1 aromatic rings. The van der Waals surface area contributed by atoms with Gasteiger partial charge in [-0.2, -0.15) is 0 Å². The van der Waals surface area contributed by atoms with Crippen molar-refractivity contribution in [3.63, 3.8) is 0 Å². The van der Waals surface area contributed by atoms with Gasteiger partial charge >= 0.3 is 0 Å². The van der Waals surface area contributed by atoms with Crippen LogP contribution >= 0.6 is 0 Å². The fourth-order valence-electron chi connectivity index (χ4n) is 2.01. The lowest BCUT2D eigenvalue weighted by molar-refractivity contribution is 0.317. The van der Waals surface area contributed by atoms with E-state index in [0.717, 1.165) is 18.8 Å². The lowest BCUT2D eigenvalue weighted by Crippen LogP contribution is -2.18. The van der Waals surface area contributed by atoms with Crippen molar-refractivity contribution in [3.05, 3.63) is 36.4 Å². The van der Waals surface area contributed by atoms with E-state index in [-0.39, 0.29) is 0 Å². The number of rotatable bonds is 5. The monoisotopic (exact) mass is 231 g/mol. The van der Waals surface area contributed by atoms with Crippen LogP contribution in [-0.2, 0) is 0 Å². The summed E-state index contributed by atoms with van der Waals surface area (Å²) in [4.78, 5) is 0. The molecular weight excluding hydrogens is 210 g/mol. The summed E-state index contributed by atoms with van der Waals surface area (Å²) in [6, 6.07) is 8.74. The molecule has 1 N–H and O–H groups in total. The summed E-state index contributed by atoms with van der Waals surface area (Å²) < 4.78 is 5.56. The molecular formula is C15H21NO. The second-order valence-corrected chi connectivity index (χ2v) is 4.48. The van der Waals surface area contributed by atoms with E-state index in [2.05, 4.69) is 36.5 Å². The summed E-state index contributed by atoms with van der Waals surface area (Å²) >= 11 is 0. The molecule has 0 saturated heterocycles. The molecule has 2 heteroatoms. The van der Waals surface area contributed by atoms with Crippen molar-refractivity contribution < 1.29 is 4.74 Å². The van der Waals surface area contributed by atoms with Crippen LogP contribution in [0.3, 0.4) is 0 Å². The molecule has 17 heavy (non-hydrogen) atoms. The zero-order chi connectivity index (χ0) is 11.9. The number of hydrogen-bond acceptors (Lipinski definition) is 2. The van der Waals surface area contributed by atoms with Crippen LogP contribution < -0.4 is 10.1 Å². The van der Waals surface area contributed by atoms with Crippen molar-refractivity contribution in [3.8, 4) is 5.75 Å². The van der Waals surface area contributed by atoms with E-state index in [9.17, 15) is 0 Å². The normalized spacial score (nSPS) is 19.0. The van der Waals surface area contributed by atoms with Crippen molar-refractivity contribution in [1.82, 2.24) is 0 Å². The van der Waals surface area contributed by atoms with Crippen LogP contribution in [0.4, 0.5) is 5.69 Å². The van der Waals surface area contributed by atoms with E-state index in [0.29, 0.717) is 6.04 Å². The van der Waals surface area contributed by atoms with Crippen LogP contribution in [0.15, 0.2) is 36.4 Å². The second kappa shape index (κ2) is 6.33. The predicted molar refractivity (Wildman–Crippen MR) is 72.6 cm³/mol. The van der Waals surface area contributed by atoms with Gasteiger partial charge in [0, 0.05) is 11.7 Å². The van der Waals surface area contributed by atoms with Crippen molar-refractivity contribution in [2.45, 2.75) is 38.6 Å². The lowest BCUT2D eigenvalue weighted by atomic mass is 10.0.